The summed E-state index contributed by atoms with van der Waals surface area (Å²) in [6.07, 6.45) is 2.71. The van der Waals surface area contributed by atoms with Crippen LogP contribution < -0.4 is 10.6 Å². The van der Waals surface area contributed by atoms with Crippen LogP contribution in [0.5, 0.6) is 0 Å². The van der Waals surface area contributed by atoms with Gasteiger partial charge in [0.15, 0.2) is 15.5 Å². The van der Waals surface area contributed by atoms with Crippen LogP contribution in [-0.2, 0) is 9.84 Å². The predicted molar refractivity (Wildman–Crippen MR) is 117 cm³/mol. The normalized spacial score (nSPS) is 11.6. The van der Waals surface area contributed by atoms with Gasteiger partial charge in [-0.15, -0.1) is 0 Å². The first-order chi connectivity index (χ1) is 14.7. The summed E-state index contributed by atoms with van der Waals surface area (Å²) in [6.45, 7) is 3.39. The maximum atomic E-state index is 14.1. The number of aromatic amines is 1. The van der Waals surface area contributed by atoms with Crippen LogP contribution >= 0.6 is 0 Å². The Morgan fingerprint density at radius 3 is 2.58 bits per heavy atom. The van der Waals surface area contributed by atoms with Crippen LogP contribution in [0, 0.1) is 19.7 Å². The van der Waals surface area contributed by atoms with E-state index in [1.165, 1.54) is 12.1 Å². The van der Waals surface area contributed by atoms with E-state index in [0.717, 1.165) is 11.8 Å². The van der Waals surface area contributed by atoms with Crippen molar-refractivity contribution in [3.63, 3.8) is 0 Å². The van der Waals surface area contributed by atoms with E-state index in [1.807, 2.05) is 0 Å². The lowest BCUT2D eigenvalue weighted by atomic mass is 10.1. The summed E-state index contributed by atoms with van der Waals surface area (Å²) < 4.78 is 37.9. The molecule has 31 heavy (non-hydrogen) atoms. The molecule has 160 valence electrons. The minimum absolute atomic E-state index is 0.202. The fourth-order valence-corrected chi connectivity index (χ4v) is 3.93. The Bertz CT molecular complexity index is 1420. The predicted octanol–water partition coefficient (Wildman–Crippen LogP) is 3.36. The van der Waals surface area contributed by atoms with Crippen molar-refractivity contribution in [3.8, 4) is 11.3 Å². The molecule has 0 atom stereocenters. The van der Waals surface area contributed by atoms with Crippen LogP contribution in [-0.4, -0.2) is 46.9 Å². The summed E-state index contributed by atoms with van der Waals surface area (Å²) in [5.74, 6) is 0.294. The van der Waals surface area contributed by atoms with Crippen molar-refractivity contribution in [1.29, 1.82) is 0 Å². The molecule has 0 bridgehead atoms. The Labute approximate surface area is 178 Å². The highest BCUT2D eigenvalue weighted by Crippen LogP contribution is 2.31. The standard InChI is InChI=1S/C20H20FN7O2S/c1-10-5-12(7-13(6-10)31(4,29)30)25-20-23-9-15(18(22-3)26-20)17-14-8-16(21)11(2)24-19(14)28-27-17/h5-9H,1-4H3,(H,24,27,28)(H2,22,23,25,26). The lowest BCUT2D eigenvalue weighted by Crippen LogP contribution is -2.04. The average Bonchev–Trinajstić information content (AvgIpc) is 3.09. The first-order valence-corrected chi connectivity index (χ1v) is 11.2. The van der Waals surface area contributed by atoms with E-state index in [0.29, 0.717) is 33.8 Å². The number of hydrogen-bond donors (Lipinski definition) is 3. The second kappa shape index (κ2) is 7.58. The van der Waals surface area contributed by atoms with Crippen LogP contribution in [0.3, 0.4) is 0 Å². The maximum absolute atomic E-state index is 14.1. The summed E-state index contributed by atoms with van der Waals surface area (Å²) in [5.41, 5.74) is 3.09. The number of anilines is 3. The molecule has 0 saturated carbocycles. The summed E-state index contributed by atoms with van der Waals surface area (Å²) in [7, 11) is -1.66. The number of benzene rings is 1. The van der Waals surface area contributed by atoms with Gasteiger partial charge in [-0.05, 0) is 43.7 Å². The lowest BCUT2D eigenvalue weighted by Gasteiger charge is -2.11. The molecule has 1 aromatic carbocycles. The number of hydrogen-bond acceptors (Lipinski definition) is 8. The second-order valence-electron chi connectivity index (χ2n) is 7.16. The Morgan fingerprint density at radius 2 is 1.87 bits per heavy atom. The molecule has 0 radical (unpaired) electrons. The number of rotatable bonds is 5. The van der Waals surface area contributed by atoms with Crippen molar-refractivity contribution >= 4 is 38.3 Å². The summed E-state index contributed by atoms with van der Waals surface area (Å²) >= 11 is 0. The van der Waals surface area contributed by atoms with E-state index in [4.69, 9.17) is 0 Å². The minimum atomic E-state index is -3.36. The zero-order valence-electron chi connectivity index (χ0n) is 17.3. The van der Waals surface area contributed by atoms with Gasteiger partial charge in [0.25, 0.3) is 0 Å². The highest BCUT2D eigenvalue weighted by molar-refractivity contribution is 7.90. The van der Waals surface area contributed by atoms with Gasteiger partial charge < -0.3 is 10.6 Å². The van der Waals surface area contributed by atoms with E-state index in [9.17, 15) is 12.8 Å². The number of H-pyrrole nitrogens is 1. The molecule has 9 nitrogen and oxygen atoms in total. The number of aryl methyl sites for hydroxylation is 2. The average molecular weight is 441 g/mol. The molecule has 0 aliphatic carbocycles. The second-order valence-corrected chi connectivity index (χ2v) is 9.18. The number of fused-ring (bicyclic) bond motifs is 1. The number of nitrogens with one attached hydrogen (secondary N) is 3. The van der Waals surface area contributed by atoms with E-state index < -0.39 is 15.7 Å². The molecule has 0 fully saturated rings. The lowest BCUT2D eigenvalue weighted by molar-refractivity contribution is 0.602. The van der Waals surface area contributed by atoms with E-state index in [1.54, 1.807) is 39.2 Å². The summed E-state index contributed by atoms with van der Waals surface area (Å²) in [4.78, 5) is 13.2. The van der Waals surface area contributed by atoms with Gasteiger partial charge in [0, 0.05) is 30.6 Å². The third-order valence-corrected chi connectivity index (χ3v) is 5.79. The van der Waals surface area contributed by atoms with Gasteiger partial charge >= 0.3 is 0 Å². The van der Waals surface area contributed by atoms with Gasteiger partial charge in [-0.1, -0.05) is 0 Å². The third-order valence-electron chi connectivity index (χ3n) is 4.70. The largest absolute Gasteiger partial charge is 0.372 e. The number of pyridine rings is 1. The zero-order chi connectivity index (χ0) is 22.3. The van der Waals surface area contributed by atoms with Gasteiger partial charge in [0.1, 0.15) is 17.3 Å². The number of nitrogens with zero attached hydrogens (tertiary/aromatic N) is 4. The molecule has 0 spiro atoms. The molecule has 0 saturated heterocycles. The highest BCUT2D eigenvalue weighted by atomic mass is 32.2. The molecule has 0 unspecified atom stereocenters. The van der Waals surface area contributed by atoms with Gasteiger partial charge in [0.05, 0.1) is 16.2 Å². The van der Waals surface area contributed by atoms with E-state index in [-0.39, 0.29) is 16.5 Å². The first-order valence-electron chi connectivity index (χ1n) is 9.31. The zero-order valence-corrected chi connectivity index (χ0v) is 18.1. The molecule has 3 N–H and O–H groups in total. The van der Waals surface area contributed by atoms with Crippen molar-refractivity contribution in [2.24, 2.45) is 0 Å². The van der Waals surface area contributed by atoms with Crippen molar-refractivity contribution in [2.75, 3.05) is 23.9 Å². The van der Waals surface area contributed by atoms with E-state index in [2.05, 4.69) is 35.8 Å². The minimum Gasteiger partial charge on any atom is -0.372 e. The molecule has 11 heteroatoms. The SMILES string of the molecule is CNc1nc(Nc2cc(C)cc(S(C)(=O)=O)c2)ncc1-c1n[nH]c2nc(C)c(F)cc12. The molecular weight excluding hydrogens is 421 g/mol. The molecular formula is C20H20FN7O2S. The Morgan fingerprint density at radius 1 is 1.10 bits per heavy atom. The van der Waals surface area contributed by atoms with Crippen molar-refractivity contribution < 1.29 is 12.8 Å². The first kappa shape index (κ1) is 20.7. The van der Waals surface area contributed by atoms with Crippen molar-refractivity contribution in [1.82, 2.24) is 25.1 Å². The smallest absolute Gasteiger partial charge is 0.229 e. The summed E-state index contributed by atoms with van der Waals surface area (Å²) in [6, 6.07) is 6.29. The maximum Gasteiger partial charge on any atom is 0.229 e. The van der Waals surface area contributed by atoms with Gasteiger partial charge in [-0.25, -0.2) is 22.8 Å². The fraction of sp³-hybridized carbons (Fsp3) is 0.200. The molecule has 0 aliphatic rings. The van der Waals surface area contributed by atoms with Crippen LogP contribution in [0.4, 0.5) is 21.8 Å². The van der Waals surface area contributed by atoms with Crippen LogP contribution in [0.15, 0.2) is 35.4 Å². The van der Waals surface area contributed by atoms with Crippen LogP contribution in [0.1, 0.15) is 11.3 Å². The summed E-state index contributed by atoms with van der Waals surface area (Å²) in [5, 5.41) is 13.6. The topological polar surface area (TPSA) is 126 Å². The van der Waals surface area contributed by atoms with Crippen molar-refractivity contribution in [2.45, 2.75) is 18.7 Å². The van der Waals surface area contributed by atoms with E-state index >= 15 is 0 Å². The molecule has 3 heterocycles. The quantitative estimate of drug-likeness (QED) is 0.430. The number of sulfone groups is 1. The third kappa shape index (κ3) is 4.04. The highest BCUT2D eigenvalue weighted by Gasteiger charge is 2.17. The molecule has 4 rings (SSSR count). The van der Waals surface area contributed by atoms with Crippen LogP contribution in [0.2, 0.25) is 0 Å². The molecule has 0 amide bonds. The Balaban J connectivity index is 1.74. The number of halogens is 1. The molecule has 4 aromatic rings. The van der Waals surface area contributed by atoms with Gasteiger partial charge in [-0.2, -0.15) is 10.1 Å². The number of aromatic nitrogens is 5. The van der Waals surface area contributed by atoms with Gasteiger partial charge in [0.2, 0.25) is 5.95 Å². The monoisotopic (exact) mass is 441 g/mol. The van der Waals surface area contributed by atoms with Gasteiger partial charge in [-0.3, -0.25) is 5.10 Å². The molecule has 0 aliphatic heterocycles. The molecule has 3 aromatic heterocycles. The van der Waals surface area contributed by atoms with Crippen LogP contribution in [0.25, 0.3) is 22.3 Å². The Hall–Kier alpha value is -3.60. The Kier molecular flexibility index (Phi) is 5.05. The van der Waals surface area contributed by atoms with Crippen molar-refractivity contribution in [3.05, 3.63) is 47.5 Å². The fourth-order valence-electron chi connectivity index (χ4n) is 3.19.